The van der Waals surface area contributed by atoms with Gasteiger partial charge in [-0.25, -0.2) is 9.59 Å². The number of nitrogens with zero attached hydrogens (tertiary/aromatic N) is 1. The highest BCUT2D eigenvalue weighted by molar-refractivity contribution is 5.88. The first-order valence-electron chi connectivity index (χ1n) is 8.24. The molecule has 0 bridgehead atoms. The predicted molar refractivity (Wildman–Crippen MR) is 92.1 cm³/mol. The maximum Gasteiger partial charge on any atom is 0.410 e. The number of ether oxygens (including phenoxy) is 2. The second-order valence-electron chi connectivity index (χ2n) is 7.38. The van der Waals surface area contributed by atoms with Crippen LogP contribution in [0.25, 0.3) is 0 Å². The van der Waals surface area contributed by atoms with Crippen LogP contribution in [0, 0.1) is 0 Å². The smallest absolute Gasteiger partial charge is 0.410 e. The summed E-state index contributed by atoms with van der Waals surface area (Å²) in [6.07, 6.45) is -1.05. The molecule has 0 aliphatic carbocycles. The number of likely N-dealkylation sites (tertiary alicyclic amines) is 1. The van der Waals surface area contributed by atoms with Crippen molar-refractivity contribution in [2.75, 3.05) is 6.54 Å². The fourth-order valence-electron chi connectivity index (χ4n) is 2.66. The van der Waals surface area contributed by atoms with Crippen LogP contribution in [0.4, 0.5) is 4.79 Å². The Labute approximate surface area is 151 Å². The molecule has 8 nitrogen and oxygen atoms in total. The summed E-state index contributed by atoms with van der Waals surface area (Å²) in [5, 5.41) is 9.36. The summed E-state index contributed by atoms with van der Waals surface area (Å²) in [4.78, 5) is 37.4. The van der Waals surface area contributed by atoms with Gasteiger partial charge in [0, 0.05) is 6.42 Å². The molecule has 0 saturated carbocycles. The van der Waals surface area contributed by atoms with Crippen molar-refractivity contribution in [3.05, 3.63) is 35.9 Å². The molecule has 1 saturated heterocycles. The molecule has 1 heterocycles. The first-order chi connectivity index (χ1) is 12.0. The van der Waals surface area contributed by atoms with Crippen molar-refractivity contribution in [2.24, 2.45) is 5.73 Å². The van der Waals surface area contributed by atoms with E-state index in [0.29, 0.717) is 0 Å². The van der Waals surface area contributed by atoms with Crippen LogP contribution in [0.2, 0.25) is 0 Å². The summed E-state index contributed by atoms with van der Waals surface area (Å²) in [7, 11) is 0. The van der Waals surface area contributed by atoms with Crippen molar-refractivity contribution in [1.82, 2.24) is 4.90 Å². The number of benzene rings is 1. The normalized spacial score (nSPS) is 22.8. The number of hydrogen-bond acceptors (Lipinski definition) is 6. The molecule has 8 heteroatoms. The van der Waals surface area contributed by atoms with Gasteiger partial charge in [0.2, 0.25) is 0 Å². The van der Waals surface area contributed by atoms with E-state index in [2.05, 4.69) is 0 Å². The summed E-state index contributed by atoms with van der Waals surface area (Å²) in [5.41, 5.74) is 4.14. The second-order valence-corrected chi connectivity index (χ2v) is 7.38. The van der Waals surface area contributed by atoms with Gasteiger partial charge in [-0.05, 0) is 26.3 Å². The fourth-order valence-corrected chi connectivity index (χ4v) is 2.66. The topological polar surface area (TPSA) is 119 Å². The molecule has 2 atom stereocenters. The molecule has 142 valence electrons. The number of carbonyl (C=O) groups excluding carboxylic acids is 2. The molecule has 2 rings (SSSR count). The highest BCUT2D eigenvalue weighted by atomic mass is 16.6. The summed E-state index contributed by atoms with van der Waals surface area (Å²) in [6, 6.07) is 7.90. The third kappa shape index (κ3) is 4.72. The number of carbonyl (C=O) groups is 3. The van der Waals surface area contributed by atoms with Gasteiger partial charge in [-0.1, -0.05) is 30.3 Å². The largest absolute Gasteiger partial charge is 0.480 e. The van der Waals surface area contributed by atoms with Crippen molar-refractivity contribution in [3.63, 3.8) is 0 Å². The number of carboxylic acid groups (broad SMARTS) is 1. The van der Waals surface area contributed by atoms with E-state index < -0.39 is 35.2 Å². The van der Waals surface area contributed by atoms with Crippen molar-refractivity contribution in [3.8, 4) is 0 Å². The van der Waals surface area contributed by atoms with Crippen LogP contribution in [0.3, 0.4) is 0 Å². The van der Waals surface area contributed by atoms with E-state index in [0.717, 1.165) is 10.5 Å². The summed E-state index contributed by atoms with van der Waals surface area (Å²) >= 11 is 0. The van der Waals surface area contributed by atoms with Crippen LogP contribution in [0.15, 0.2) is 30.3 Å². The van der Waals surface area contributed by atoms with Gasteiger partial charge in [0.25, 0.3) is 0 Å². The second kappa shape index (κ2) is 7.33. The Morgan fingerprint density at radius 2 is 1.88 bits per heavy atom. The van der Waals surface area contributed by atoms with Crippen LogP contribution >= 0.6 is 0 Å². The van der Waals surface area contributed by atoms with E-state index in [-0.39, 0.29) is 19.6 Å². The van der Waals surface area contributed by atoms with Gasteiger partial charge in [0.15, 0.2) is 0 Å². The van der Waals surface area contributed by atoms with E-state index in [1.54, 1.807) is 45.0 Å². The van der Waals surface area contributed by atoms with Crippen molar-refractivity contribution in [2.45, 2.75) is 51.0 Å². The van der Waals surface area contributed by atoms with Gasteiger partial charge in [-0.15, -0.1) is 0 Å². The van der Waals surface area contributed by atoms with Crippen LogP contribution < -0.4 is 5.73 Å². The van der Waals surface area contributed by atoms with Gasteiger partial charge in [-0.3, -0.25) is 9.69 Å². The van der Waals surface area contributed by atoms with Crippen LogP contribution in [0.5, 0.6) is 0 Å². The quantitative estimate of drug-likeness (QED) is 0.777. The zero-order valence-corrected chi connectivity index (χ0v) is 15.1. The lowest BCUT2D eigenvalue weighted by molar-refractivity contribution is -0.159. The predicted octanol–water partition coefficient (Wildman–Crippen LogP) is 1.52. The fraction of sp³-hybridized carbons (Fsp3) is 0.500. The minimum Gasteiger partial charge on any atom is -0.480 e. The highest BCUT2D eigenvalue weighted by Gasteiger charge is 2.52. The Kier molecular flexibility index (Phi) is 5.56. The van der Waals surface area contributed by atoms with Crippen molar-refractivity contribution < 1.29 is 29.0 Å². The molecular weight excluding hydrogens is 340 g/mol. The lowest BCUT2D eigenvalue weighted by Crippen LogP contribution is -2.50. The molecular formula is C18H24N2O6. The monoisotopic (exact) mass is 364 g/mol. The Balaban J connectivity index is 2.14. The van der Waals surface area contributed by atoms with Crippen LogP contribution in [-0.4, -0.2) is 51.8 Å². The van der Waals surface area contributed by atoms with Crippen LogP contribution in [0.1, 0.15) is 32.8 Å². The number of aliphatic carboxylic acids is 1. The molecule has 1 amide bonds. The number of esters is 1. The molecule has 3 N–H and O–H groups in total. The SMILES string of the molecule is CC(C)(C)OC(=O)[C@@H]1C[C@](N)(C(=O)O)CN1C(=O)OCc1ccccc1. The number of nitrogens with two attached hydrogens (primary N) is 1. The van der Waals surface area contributed by atoms with E-state index >= 15 is 0 Å². The summed E-state index contributed by atoms with van der Waals surface area (Å²) < 4.78 is 10.5. The third-order valence-corrected chi connectivity index (χ3v) is 3.93. The Bertz CT molecular complexity index is 685. The van der Waals surface area contributed by atoms with E-state index in [1.807, 2.05) is 6.07 Å². The third-order valence-electron chi connectivity index (χ3n) is 3.93. The summed E-state index contributed by atoms with van der Waals surface area (Å²) in [5.74, 6) is -1.99. The average molecular weight is 364 g/mol. The minimum atomic E-state index is -1.73. The molecule has 1 aliphatic heterocycles. The molecule has 0 aromatic heterocycles. The number of hydrogen-bond donors (Lipinski definition) is 2. The van der Waals surface area contributed by atoms with Crippen molar-refractivity contribution >= 4 is 18.0 Å². The zero-order valence-electron chi connectivity index (χ0n) is 15.1. The molecule has 0 spiro atoms. The molecule has 1 aromatic rings. The standard InChI is InChI=1S/C18H24N2O6/c1-17(2,3)26-14(21)13-9-18(19,15(22)23)11-20(13)16(24)25-10-12-7-5-4-6-8-12/h4-8,13H,9-11,19H2,1-3H3,(H,22,23)/t13-,18+/m0/s1. The van der Waals surface area contributed by atoms with E-state index in [9.17, 15) is 19.5 Å². The molecule has 0 unspecified atom stereocenters. The van der Waals surface area contributed by atoms with Gasteiger partial charge in [0.05, 0.1) is 6.54 Å². The Morgan fingerprint density at radius 3 is 2.42 bits per heavy atom. The molecule has 1 aliphatic rings. The molecule has 0 radical (unpaired) electrons. The maximum atomic E-state index is 12.5. The maximum absolute atomic E-state index is 12.5. The van der Waals surface area contributed by atoms with Crippen LogP contribution in [-0.2, 0) is 25.7 Å². The van der Waals surface area contributed by atoms with Gasteiger partial charge in [-0.2, -0.15) is 0 Å². The number of rotatable bonds is 4. The Hall–Kier alpha value is -2.61. The minimum absolute atomic E-state index is 0.00184. The first kappa shape index (κ1) is 19.7. The average Bonchev–Trinajstić information content (AvgIpc) is 2.92. The van der Waals surface area contributed by atoms with Gasteiger partial charge < -0.3 is 20.3 Å². The van der Waals surface area contributed by atoms with Gasteiger partial charge in [0.1, 0.15) is 23.8 Å². The Morgan fingerprint density at radius 1 is 1.27 bits per heavy atom. The number of amides is 1. The zero-order chi connectivity index (χ0) is 19.5. The lowest BCUT2D eigenvalue weighted by Gasteiger charge is -2.26. The van der Waals surface area contributed by atoms with E-state index in [4.69, 9.17) is 15.2 Å². The lowest BCUT2D eigenvalue weighted by atomic mass is 9.97. The molecule has 1 fully saturated rings. The summed E-state index contributed by atoms with van der Waals surface area (Å²) in [6.45, 7) is 4.72. The first-order valence-corrected chi connectivity index (χ1v) is 8.24. The van der Waals surface area contributed by atoms with Gasteiger partial charge >= 0.3 is 18.0 Å². The molecule has 26 heavy (non-hydrogen) atoms. The number of carboxylic acids is 1. The highest BCUT2D eigenvalue weighted by Crippen LogP contribution is 2.28. The van der Waals surface area contributed by atoms with E-state index in [1.165, 1.54) is 0 Å². The molecule has 1 aromatic carbocycles. The van der Waals surface area contributed by atoms with Crippen molar-refractivity contribution in [1.29, 1.82) is 0 Å².